The van der Waals surface area contributed by atoms with Crippen LogP contribution in [0.5, 0.6) is 5.75 Å². The molecule has 3 heterocycles. The van der Waals surface area contributed by atoms with Crippen molar-refractivity contribution >= 4 is 27.0 Å². The Kier molecular flexibility index (Phi) is 2.71. The van der Waals surface area contributed by atoms with Gasteiger partial charge in [0.2, 0.25) is 0 Å². The zero-order chi connectivity index (χ0) is 13.4. The van der Waals surface area contributed by atoms with Gasteiger partial charge in [0.05, 0.1) is 17.8 Å². The summed E-state index contributed by atoms with van der Waals surface area (Å²) in [5, 5.41) is 17.8. The van der Waals surface area contributed by atoms with Crippen molar-refractivity contribution in [3.8, 4) is 11.7 Å². The maximum Gasteiger partial charge on any atom is 0.277 e. The van der Waals surface area contributed by atoms with Gasteiger partial charge in [0, 0.05) is 6.20 Å². The van der Waals surface area contributed by atoms with Gasteiger partial charge in [-0.3, -0.25) is 4.79 Å². The summed E-state index contributed by atoms with van der Waals surface area (Å²) in [6.07, 6.45) is 4.34. The highest BCUT2D eigenvalue weighted by molar-refractivity contribution is 9.10. The number of halogens is 1. The van der Waals surface area contributed by atoms with Crippen LogP contribution in [0.1, 0.15) is 0 Å². The molecule has 0 atom stereocenters. The van der Waals surface area contributed by atoms with E-state index in [1.165, 1.54) is 23.2 Å². The predicted octanol–water partition coefficient (Wildman–Crippen LogP) is 1.04. The molecule has 0 spiro atoms. The van der Waals surface area contributed by atoms with Crippen LogP contribution in [0, 0.1) is 0 Å². The lowest BCUT2D eigenvalue weighted by molar-refractivity contribution is 0.476. The zero-order valence-electron chi connectivity index (χ0n) is 9.36. The summed E-state index contributed by atoms with van der Waals surface area (Å²) in [6.45, 7) is 0. The van der Waals surface area contributed by atoms with Gasteiger partial charge < -0.3 is 5.11 Å². The summed E-state index contributed by atoms with van der Waals surface area (Å²) in [5.74, 6) is -0.0647. The third-order valence-corrected chi connectivity index (χ3v) is 3.24. The van der Waals surface area contributed by atoms with Crippen molar-refractivity contribution in [3.05, 3.63) is 45.5 Å². The number of nitrogens with zero attached hydrogens (tertiary/aromatic N) is 5. The number of hydrogen-bond donors (Lipinski definition) is 1. The molecule has 8 heteroatoms. The molecule has 0 aromatic carbocycles. The van der Waals surface area contributed by atoms with E-state index in [1.54, 1.807) is 12.1 Å². The number of aromatic hydroxyl groups is 1. The molecule has 0 saturated carbocycles. The fraction of sp³-hybridized carbons (Fsp3) is 0. The van der Waals surface area contributed by atoms with Gasteiger partial charge in [-0.05, 0) is 28.1 Å². The molecule has 19 heavy (non-hydrogen) atoms. The quantitative estimate of drug-likeness (QED) is 0.720. The van der Waals surface area contributed by atoms with Gasteiger partial charge in [0.1, 0.15) is 10.2 Å². The molecular weight excluding hydrogens is 314 g/mol. The van der Waals surface area contributed by atoms with Gasteiger partial charge in [-0.2, -0.15) is 5.10 Å². The van der Waals surface area contributed by atoms with E-state index in [1.807, 2.05) is 0 Å². The first-order valence-electron chi connectivity index (χ1n) is 5.22. The van der Waals surface area contributed by atoms with Crippen LogP contribution in [0.25, 0.3) is 17.0 Å². The van der Waals surface area contributed by atoms with Crippen molar-refractivity contribution in [3.63, 3.8) is 0 Å². The highest BCUT2D eigenvalue weighted by atomic mass is 79.9. The number of pyridine rings is 2. The number of fused-ring (bicyclic) bond motifs is 1. The Morgan fingerprint density at radius 2 is 2.05 bits per heavy atom. The molecular formula is C11H6BrN5O2. The maximum atomic E-state index is 12.2. The number of aromatic nitrogens is 5. The van der Waals surface area contributed by atoms with Gasteiger partial charge in [-0.25, -0.2) is 14.5 Å². The van der Waals surface area contributed by atoms with Gasteiger partial charge in [-0.15, -0.1) is 5.10 Å². The smallest absolute Gasteiger partial charge is 0.277 e. The molecule has 0 saturated heterocycles. The standard InChI is InChI=1S/C11H6BrN5O2/c12-7-8(18)6-2-1-3-13-9(6)17(10(7)19)11-14-4-5-15-16-11/h1-5,18H. The first kappa shape index (κ1) is 11.7. The van der Waals surface area contributed by atoms with Crippen LogP contribution in [-0.4, -0.2) is 29.8 Å². The minimum absolute atomic E-state index is 0.0282. The second-order valence-corrected chi connectivity index (χ2v) is 4.41. The van der Waals surface area contributed by atoms with Crippen molar-refractivity contribution in [2.45, 2.75) is 0 Å². The van der Waals surface area contributed by atoms with Crippen LogP contribution < -0.4 is 5.56 Å². The molecule has 3 aromatic heterocycles. The first-order chi connectivity index (χ1) is 9.20. The van der Waals surface area contributed by atoms with Crippen molar-refractivity contribution in [2.24, 2.45) is 0 Å². The second kappa shape index (κ2) is 4.39. The Morgan fingerprint density at radius 3 is 2.79 bits per heavy atom. The van der Waals surface area contributed by atoms with Gasteiger partial charge >= 0.3 is 0 Å². The number of rotatable bonds is 1. The van der Waals surface area contributed by atoms with Crippen LogP contribution in [0.3, 0.4) is 0 Å². The molecule has 1 N–H and O–H groups in total. The largest absolute Gasteiger partial charge is 0.506 e. The summed E-state index contributed by atoms with van der Waals surface area (Å²) in [4.78, 5) is 20.3. The van der Waals surface area contributed by atoms with Gasteiger partial charge in [0.25, 0.3) is 11.5 Å². The molecule has 94 valence electrons. The lowest BCUT2D eigenvalue weighted by Crippen LogP contribution is -2.22. The van der Waals surface area contributed by atoms with E-state index in [-0.39, 0.29) is 21.8 Å². The van der Waals surface area contributed by atoms with Gasteiger partial charge in [-0.1, -0.05) is 0 Å². The molecule has 0 aliphatic carbocycles. The van der Waals surface area contributed by atoms with Crippen molar-refractivity contribution in [2.75, 3.05) is 0 Å². The molecule has 0 bridgehead atoms. The van der Waals surface area contributed by atoms with E-state index in [0.29, 0.717) is 5.39 Å². The summed E-state index contributed by atoms with van der Waals surface area (Å²) in [7, 11) is 0. The number of hydrogen-bond acceptors (Lipinski definition) is 6. The Morgan fingerprint density at radius 1 is 1.21 bits per heavy atom. The SMILES string of the molecule is O=c1c(Br)c(O)c2cccnc2n1-c1nccnn1. The molecule has 3 aromatic rings. The normalized spacial score (nSPS) is 10.8. The Bertz CT molecular complexity index is 818. The average molecular weight is 320 g/mol. The fourth-order valence-corrected chi connectivity index (χ4v) is 2.09. The highest BCUT2D eigenvalue weighted by Crippen LogP contribution is 2.28. The van der Waals surface area contributed by atoms with Crippen LogP contribution in [0.15, 0.2) is 40.0 Å². The van der Waals surface area contributed by atoms with E-state index in [9.17, 15) is 9.90 Å². The summed E-state index contributed by atoms with van der Waals surface area (Å²) >= 11 is 3.06. The Hall–Kier alpha value is -2.35. The second-order valence-electron chi connectivity index (χ2n) is 3.62. The molecule has 0 fully saturated rings. The molecule has 3 rings (SSSR count). The summed E-state index contributed by atoms with van der Waals surface area (Å²) in [6, 6.07) is 3.31. The molecule has 0 amide bonds. The van der Waals surface area contributed by atoms with Crippen molar-refractivity contribution in [1.82, 2.24) is 24.7 Å². The zero-order valence-corrected chi connectivity index (χ0v) is 10.9. The molecule has 0 radical (unpaired) electrons. The lowest BCUT2D eigenvalue weighted by atomic mass is 10.2. The van der Waals surface area contributed by atoms with Crippen molar-refractivity contribution in [1.29, 1.82) is 0 Å². The van der Waals surface area contributed by atoms with Crippen LogP contribution in [0.2, 0.25) is 0 Å². The maximum absolute atomic E-state index is 12.2. The summed E-state index contributed by atoms with van der Waals surface area (Å²) in [5.41, 5.74) is -0.238. The minimum Gasteiger partial charge on any atom is -0.506 e. The monoisotopic (exact) mass is 319 g/mol. The van der Waals surface area contributed by atoms with Crippen LogP contribution in [0.4, 0.5) is 0 Å². The van der Waals surface area contributed by atoms with E-state index < -0.39 is 5.56 Å². The van der Waals surface area contributed by atoms with E-state index >= 15 is 0 Å². The van der Waals surface area contributed by atoms with Crippen molar-refractivity contribution < 1.29 is 5.11 Å². The van der Waals surface area contributed by atoms with E-state index in [4.69, 9.17) is 0 Å². The van der Waals surface area contributed by atoms with Gasteiger partial charge in [0.15, 0.2) is 5.65 Å². The van der Waals surface area contributed by atoms with E-state index in [2.05, 4.69) is 36.1 Å². The van der Waals surface area contributed by atoms with E-state index in [0.717, 1.165) is 0 Å². The Labute approximate surface area is 114 Å². The Balaban J connectivity index is 2.52. The highest BCUT2D eigenvalue weighted by Gasteiger charge is 2.17. The summed E-state index contributed by atoms with van der Waals surface area (Å²) < 4.78 is 1.21. The average Bonchev–Trinajstić information content (AvgIpc) is 2.46. The first-order valence-corrected chi connectivity index (χ1v) is 6.01. The third-order valence-electron chi connectivity index (χ3n) is 2.52. The molecule has 0 aliphatic heterocycles. The molecule has 0 unspecified atom stereocenters. The molecule has 0 aliphatic rings. The fourth-order valence-electron chi connectivity index (χ4n) is 1.70. The predicted molar refractivity (Wildman–Crippen MR) is 70.1 cm³/mol. The topological polar surface area (TPSA) is 93.8 Å². The van der Waals surface area contributed by atoms with Crippen LogP contribution >= 0.6 is 15.9 Å². The lowest BCUT2D eigenvalue weighted by Gasteiger charge is -2.09. The molecule has 7 nitrogen and oxygen atoms in total. The minimum atomic E-state index is -0.503. The third kappa shape index (κ3) is 1.76. The van der Waals surface area contributed by atoms with Crippen LogP contribution in [-0.2, 0) is 0 Å².